The van der Waals surface area contributed by atoms with Crippen molar-refractivity contribution in [3.05, 3.63) is 0 Å². The van der Waals surface area contributed by atoms with E-state index < -0.39 is 41.6 Å². The summed E-state index contributed by atoms with van der Waals surface area (Å²) >= 11 is 0. The number of carbonyl (C=O) groups excluding carboxylic acids is 4. The summed E-state index contributed by atoms with van der Waals surface area (Å²) in [6, 6.07) is -1.73. The molecule has 29 heavy (non-hydrogen) atoms. The molecule has 10 nitrogen and oxygen atoms in total. The van der Waals surface area contributed by atoms with Crippen LogP contribution in [0.15, 0.2) is 0 Å². The Kier molecular flexibility index (Phi) is 11.1. The van der Waals surface area contributed by atoms with Crippen LogP contribution in [0.5, 0.6) is 0 Å². The molecule has 10 heteroatoms. The van der Waals surface area contributed by atoms with Crippen LogP contribution in [-0.2, 0) is 28.5 Å². The Hall–Kier alpha value is -2.52. The predicted molar refractivity (Wildman–Crippen MR) is 104 cm³/mol. The lowest BCUT2D eigenvalue weighted by Crippen LogP contribution is -2.47. The molecule has 0 rings (SSSR count). The third-order valence-electron chi connectivity index (χ3n) is 3.97. The van der Waals surface area contributed by atoms with Crippen molar-refractivity contribution in [3.8, 4) is 0 Å². The number of carbonyl (C=O) groups is 4. The van der Waals surface area contributed by atoms with Crippen LogP contribution in [0, 0.1) is 17.3 Å². The van der Waals surface area contributed by atoms with E-state index in [1.54, 1.807) is 41.5 Å². The normalized spacial score (nSPS) is 13.3. The van der Waals surface area contributed by atoms with Gasteiger partial charge in [0, 0.05) is 5.41 Å². The van der Waals surface area contributed by atoms with Gasteiger partial charge in [0.2, 0.25) is 0 Å². The molecule has 0 saturated carbocycles. The van der Waals surface area contributed by atoms with Crippen molar-refractivity contribution in [1.82, 2.24) is 10.6 Å². The molecule has 0 saturated heterocycles. The molecule has 0 aromatic heterocycles. The van der Waals surface area contributed by atoms with Crippen molar-refractivity contribution in [2.45, 2.75) is 53.6 Å². The highest BCUT2D eigenvalue weighted by Crippen LogP contribution is 2.18. The average molecular weight is 418 g/mol. The summed E-state index contributed by atoms with van der Waals surface area (Å²) in [5.41, 5.74) is -0.690. The van der Waals surface area contributed by atoms with E-state index in [1.807, 2.05) is 0 Å². The first kappa shape index (κ1) is 26.5. The number of hydrogen-bond acceptors (Lipinski definition) is 8. The first-order chi connectivity index (χ1) is 13.3. The Labute approximate surface area is 172 Å². The summed E-state index contributed by atoms with van der Waals surface area (Å²) in [5, 5.41) is 4.86. The molecule has 168 valence electrons. The van der Waals surface area contributed by atoms with Crippen molar-refractivity contribution < 1.29 is 38.1 Å². The van der Waals surface area contributed by atoms with Gasteiger partial charge in [-0.15, -0.1) is 0 Å². The molecule has 0 aliphatic heterocycles. The van der Waals surface area contributed by atoms with Gasteiger partial charge in [-0.3, -0.25) is 0 Å². The van der Waals surface area contributed by atoms with Gasteiger partial charge in [-0.2, -0.15) is 0 Å². The van der Waals surface area contributed by atoms with Gasteiger partial charge in [-0.25, -0.2) is 19.2 Å². The maximum atomic E-state index is 12.3. The highest BCUT2D eigenvalue weighted by molar-refractivity contribution is 5.82. The van der Waals surface area contributed by atoms with E-state index in [4.69, 9.17) is 9.47 Å². The van der Waals surface area contributed by atoms with Gasteiger partial charge in [0.1, 0.15) is 12.1 Å². The molecular formula is C19H34N2O8. The highest BCUT2D eigenvalue weighted by atomic mass is 16.6. The van der Waals surface area contributed by atoms with Gasteiger partial charge < -0.3 is 29.6 Å². The molecule has 2 N–H and O–H groups in total. The second-order valence-electron chi connectivity index (χ2n) is 8.09. The molecule has 0 radical (unpaired) electrons. The Bertz CT molecular complexity index is 527. The lowest BCUT2D eigenvalue weighted by molar-refractivity contribution is -0.156. The molecule has 2 amide bonds. The fourth-order valence-electron chi connectivity index (χ4n) is 2.12. The molecule has 0 fully saturated rings. The van der Waals surface area contributed by atoms with E-state index >= 15 is 0 Å². The van der Waals surface area contributed by atoms with Crippen molar-refractivity contribution in [1.29, 1.82) is 0 Å². The number of alkyl carbamates (subject to hydrolysis) is 2. The molecule has 0 spiro atoms. The van der Waals surface area contributed by atoms with E-state index in [1.165, 1.54) is 14.2 Å². The number of ether oxygens (including phenoxy) is 4. The summed E-state index contributed by atoms with van der Waals surface area (Å²) in [5.74, 6) is -1.65. The number of methoxy groups -OCH3 is 2. The SMILES string of the molecule is COC(=O)N[C@H](C(=O)OCC(C)(C)COC(=O)[C@@H](NC(=O)OC)C(C)C)C(C)C. The first-order valence-electron chi connectivity index (χ1n) is 9.36. The van der Waals surface area contributed by atoms with E-state index in [9.17, 15) is 19.2 Å². The maximum Gasteiger partial charge on any atom is 0.407 e. The van der Waals surface area contributed by atoms with Gasteiger partial charge in [0.25, 0.3) is 0 Å². The summed E-state index contributed by atoms with van der Waals surface area (Å²) in [6.45, 7) is 10.5. The second-order valence-corrected chi connectivity index (χ2v) is 8.09. The Morgan fingerprint density at radius 1 is 0.724 bits per heavy atom. The fraction of sp³-hybridized carbons (Fsp3) is 0.789. The Balaban J connectivity index is 4.77. The molecule has 0 heterocycles. The van der Waals surface area contributed by atoms with Crippen LogP contribution in [0.1, 0.15) is 41.5 Å². The van der Waals surface area contributed by atoms with E-state index in [0.29, 0.717) is 0 Å². The Morgan fingerprint density at radius 2 is 1.03 bits per heavy atom. The Morgan fingerprint density at radius 3 is 1.28 bits per heavy atom. The predicted octanol–water partition coefficient (Wildman–Crippen LogP) is 1.86. The molecule has 2 atom stereocenters. The lowest BCUT2D eigenvalue weighted by atomic mass is 9.96. The monoisotopic (exact) mass is 418 g/mol. The molecule has 0 aliphatic carbocycles. The molecular weight excluding hydrogens is 384 g/mol. The van der Waals surface area contributed by atoms with Crippen LogP contribution in [0.2, 0.25) is 0 Å². The zero-order valence-electron chi connectivity index (χ0n) is 18.5. The summed E-state index contributed by atoms with van der Waals surface area (Å²) in [4.78, 5) is 47.4. The number of hydrogen-bond donors (Lipinski definition) is 2. The summed E-state index contributed by atoms with van der Waals surface area (Å²) in [6.07, 6.45) is -1.46. The van der Waals surface area contributed by atoms with Gasteiger partial charge in [-0.05, 0) is 11.8 Å². The number of rotatable bonds is 10. The second kappa shape index (κ2) is 12.1. The van der Waals surface area contributed by atoms with Gasteiger partial charge in [0.15, 0.2) is 0 Å². The summed E-state index contributed by atoms with van der Waals surface area (Å²) < 4.78 is 19.6. The van der Waals surface area contributed by atoms with Gasteiger partial charge in [0.05, 0.1) is 27.4 Å². The van der Waals surface area contributed by atoms with Crippen LogP contribution in [-0.4, -0.2) is 63.6 Å². The van der Waals surface area contributed by atoms with Crippen molar-refractivity contribution in [2.75, 3.05) is 27.4 Å². The number of amides is 2. The first-order valence-corrected chi connectivity index (χ1v) is 9.36. The molecule has 0 aliphatic rings. The summed E-state index contributed by atoms with van der Waals surface area (Å²) in [7, 11) is 2.41. The average Bonchev–Trinajstić information content (AvgIpc) is 2.65. The lowest BCUT2D eigenvalue weighted by Gasteiger charge is -2.27. The van der Waals surface area contributed by atoms with Crippen LogP contribution in [0.4, 0.5) is 9.59 Å². The van der Waals surface area contributed by atoms with Gasteiger partial charge in [-0.1, -0.05) is 41.5 Å². The fourth-order valence-corrected chi connectivity index (χ4v) is 2.12. The number of nitrogens with one attached hydrogen (secondary N) is 2. The maximum absolute atomic E-state index is 12.3. The topological polar surface area (TPSA) is 129 Å². The van der Waals surface area contributed by atoms with Gasteiger partial charge >= 0.3 is 24.1 Å². The highest BCUT2D eigenvalue weighted by Gasteiger charge is 2.31. The van der Waals surface area contributed by atoms with Crippen molar-refractivity contribution >= 4 is 24.1 Å². The molecule has 0 unspecified atom stereocenters. The minimum atomic E-state index is -0.865. The minimum Gasteiger partial charge on any atom is -0.463 e. The van der Waals surface area contributed by atoms with Crippen molar-refractivity contribution in [2.24, 2.45) is 17.3 Å². The van der Waals surface area contributed by atoms with Crippen LogP contribution in [0.25, 0.3) is 0 Å². The van der Waals surface area contributed by atoms with E-state index in [0.717, 1.165) is 0 Å². The van der Waals surface area contributed by atoms with E-state index in [-0.39, 0.29) is 25.0 Å². The molecule has 0 aromatic carbocycles. The molecule has 0 aromatic rings. The third kappa shape index (κ3) is 10.00. The number of esters is 2. The zero-order valence-corrected chi connectivity index (χ0v) is 18.5. The van der Waals surface area contributed by atoms with Crippen molar-refractivity contribution in [3.63, 3.8) is 0 Å². The smallest absolute Gasteiger partial charge is 0.407 e. The van der Waals surface area contributed by atoms with E-state index in [2.05, 4.69) is 20.1 Å². The quantitative estimate of drug-likeness (QED) is 0.406. The standard InChI is InChI=1S/C19H34N2O8/c1-11(2)13(20-17(24)26-7)15(22)28-9-19(5,6)10-29-16(23)14(12(3)4)21-18(25)27-8/h11-14H,9-10H2,1-8H3,(H,20,24)(H,21,25)/t13-,14-/m0/s1. The van der Waals surface area contributed by atoms with Crippen LogP contribution >= 0.6 is 0 Å². The zero-order chi connectivity index (χ0) is 22.8. The largest absolute Gasteiger partial charge is 0.463 e. The van der Waals surface area contributed by atoms with Crippen LogP contribution < -0.4 is 10.6 Å². The molecule has 0 bridgehead atoms. The van der Waals surface area contributed by atoms with Crippen LogP contribution in [0.3, 0.4) is 0 Å². The third-order valence-corrected chi connectivity index (χ3v) is 3.97. The minimum absolute atomic E-state index is 0.0397.